The molecule has 0 amide bonds. The predicted octanol–water partition coefficient (Wildman–Crippen LogP) is -2.71. The summed E-state index contributed by atoms with van der Waals surface area (Å²) in [7, 11) is 0. The van der Waals surface area contributed by atoms with Crippen molar-refractivity contribution in [3.8, 4) is 0 Å². The van der Waals surface area contributed by atoms with Crippen LogP contribution in [0.1, 0.15) is 0 Å². The highest BCUT2D eigenvalue weighted by atomic mass is 32.1. The summed E-state index contributed by atoms with van der Waals surface area (Å²) in [5.74, 6) is 0. The van der Waals surface area contributed by atoms with Crippen LogP contribution in [0.25, 0.3) is 0 Å². The van der Waals surface area contributed by atoms with Crippen molar-refractivity contribution >= 4 is 12.6 Å². The van der Waals surface area contributed by atoms with Crippen LogP contribution in [0.3, 0.4) is 0 Å². The van der Waals surface area contributed by atoms with E-state index in [2.05, 4.69) is 22.9 Å². The highest BCUT2D eigenvalue weighted by molar-refractivity contribution is 7.80. The van der Waals surface area contributed by atoms with E-state index in [0.29, 0.717) is 0 Å². The normalized spacial score (nSPS) is 42.6. The summed E-state index contributed by atoms with van der Waals surface area (Å²) in [6.07, 6.45) is -1.59. The average Bonchev–Trinajstić information content (AvgIpc) is 2.85. The van der Waals surface area contributed by atoms with Crippen molar-refractivity contribution in [3.05, 3.63) is 12.4 Å². The number of thiol groups is 1. The monoisotopic (exact) mass is 263 g/mol. The number of ether oxygens (including phenoxy) is 1. The standard InChI is InChI=1S/C8H13N3O5S/c12-3-4-5(13)8(15,6(14)7(17)16-4)11-2-1-9-10-11/h1-2,4-7,12-15,17H,3H2/t4-,5+,6+,7?,8+/m1/s1. The van der Waals surface area contributed by atoms with Gasteiger partial charge in [0.1, 0.15) is 23.7 Å². The minimum Gasteiger partial charge on any atom is -0.394 e. The first-order valence-electron chi connectivity index (χ1n) is 4.91. The average molecular weight is 263 g/mol. The molecular formula is C8H13N3O5S. The molecule has 1 fully saturated rings. The van der Waals surface area contributed by atoms with E-state index >= 15 is 0 Å². The van der Waals surface area contributed by atoms with Crippen molar-refractivity contribution in [2.24, 2.45) is 0 Å². The maximum Gasteiger partial charge on any atom is 0.217 e. The van der Waals surface area contributed by atoms with Gasteiger partial charge in [-0.15, -0.1) is 17.7 Å². The lowest BCUT2D eigenvalue weighted by atomic mass is 9.93. The summed E-state index contributed by atoms with van der Waals surface area (Å²) in [6, 6.07) is 0. The van der Waals surface area contributed by atoms with Crippen LogP contribution < -0.4 is 0 Å². The van der Waals surface area contributed by atoms with Gasteiger partial charge in [-0.05, 0) is 0 Å². The van der Waals surface area contributed by atoms with Crippen molar-refractivity contribution in [1.29, 1.82) is 0 Å². The van der Waals surface area contributed by atoms with E-state index in [1.807, 2.05) is 0 Å². The lowest BCUT2D eigenvalue weighted by Crippen LogP contribution is -2.66. The maximum absolute atomic E-state index is 10.4. The molecule has 2 heterocycles. The molecule has 1 unspecified atom stereocenters. The highest BCUT2D eigenvalue weighted by Crippen LogP contribution is 2.34. The number of hydrogen-bond acceptors (Lipinski definition) is 8. The van der Waals surface area contributed by atoms with Gasteiger partial charge in [-0.25, -0.2) is 4.68 Å². The largest absolute Gasteiger partial charge is 0.394 e. The lowest BCUT2D eigenvalue weighted by molar-refractivity contribution is -0.295. The van der Waals surface area contributed by atoms with E-state index in [1.54, 1.807) is 0 Å². The van der Waals surface area contributed by atoms with Gasteiger partial charge in [0.15, 0.2) is 0 Å². The number of aromatic nitrogens is 3. The van der Waals surface area contributed by atoms with E-state index in [1.165, 1.54) is 12.4 Å². The minimum absolute atomic E-state index is 0.526. The van der Waals surface area contributed by atoms with Gasteiger partial charge in [0.25, 0.3) is 0 Å². The zero-order chi connectivity index (χ0) is 12.6. The number of nitrogens with zero attached hydrogens (tertiary/aromatic N) is 3. The van der Waals surface area contributed by atoms with Crippen LogP contribution in [0.4, 0.5) is 0 Å². The zero-order valence-electron chi connectivity index (χ0n) is 8.66. The second-order valence-corrected chi connectivity index (χ2v) is 4.28. The number of hydrogen-bond donors (Lipinski definition) is 5. The van der Waals surface area contributed by atoms with E-state index in [0.717, 1.165) is 4.68 Å². The Morgan fingerprint density at radius 3 is 2.65 bits per heavy atom. The summed E-state index contributed by atoms with van der Waals surface area (Å²) < 4.78 is 5.96. The Bertz CT molecular complexity index is 377. The molecule has 0 aromatic carbocycles. The Kier molecular flexibility index (Phi) is 3.39. The van der Waals surface area contributed by atoms with Gasteiger partial charge >= 0.3 is 0 Å². The highest BCUT2D eigenvalue weighted by Gasteiger charge is 2.56. The van der Waals surface area contributed by atoms with E-state index in [9.17, 15) is 15.3 Å². The molecule has 0 spiro atoms. The third-order valence-corrected chi connectivity index (χ3v) is 3.18. The van der Waals surface area contributed by atoms with Crippen LogP contribution in [0, 0.1) is 0 Å². The van der Waals surface area contributed by atoms with Crippen molar-refractivity contribution in [2.75, 3.05) is 6.61 Å². The van der Waals surface area contributed by atoms with E-state index in [4.69, 9.17) is 9.84 Å². The number of aliphatic hydroxyl groups excluding tert-OH is 3. The van der Waals surface area contributed by atoms with Gasteiger partial charge in [0.05, 0.1) is 12.8 Å². The third-order valence-electron chi connectivity index (χ3n) is 2.78. The molecule has 0 bridgehead atoms. The Labute approximate surface area is 102 Å². The fraction of sp³-hybridized carbons (Fsp3) is 0.750. The smallest absolute Gasteiger partial charge is 0.217 e. The molecule has 9 heteroatoms. The summed E-state index contributed by atoms with van der Waals surface area (Å²) in [5, 5.41) is 46.2. The molecule has 1 aromatic heterocycles. The van der Waals surface area contributed by atoms with Crippen LogP contribution in [-0.2, 0) is 10.5 Å². The fourth-order valence-electron chi connectivity index (χ4n) is 1.80. The van der Waals surface area contributed by atoms with Gasteiger partial charge in [0.2, 0.25) is 5.72 Å². The van der Waals surface area contributed by atoms with Crippen LogP contribution in [0.5, 0.6) is 0 Å². The topological polar surface area (TPSA) is 121 Å². The molecule has 2 rings (SSSR count). The second kappa shape index (κ2) is 4.52. The first-order valence-corrected chi connectivity index (χ1v) is 5.43. The van der Waals surface area contributed by atoms with Gasteiger partial charge in [-0.2, -0.15) is 0 Å². The molecule has 0 radical (unpaired) electrons. The third kappa shape index (κ3) is 1.84. The van der Waals surface area contributed by atoms with Gasteiger partial charge in [-0.3, -0.25) is 0 Å². The quantitative estimate of drug-likeness (QED) is 0.368. The molecule has 0 saturated carbocycles. The molecule has 1 aliphatic rings. The molecule has 8 nitrogen and oxygen atoms in total. The molecule has 96 valence electrons. The predicted molar refractivity (Wildman–Crippen MR) is 57.0 cm³/mol. The molecule has 4 N–H and O–H groups in total. The first-order chi connectivity index (χ1) is 8.01. The van der Waals surface area contributed by atoms with E-state index in [-0.39, 0.29) is 0 Å². The van der Waals surface area contributed by atoms with Crippen molar-refractivity contribution in [3.63, 3.8) is 0 Å². The molecule has 1 aliphatic heterocycles. The zero-order valence-corrected chi connectivity index (χ0v) is 9.55. The number of rotatable bonds is 2. The summed E-state index contributed by atoms with van der Waals surface area (Å²) in [4.78, 5) is 0. The summed E-state index contributed by atoms with van der Waals surface area (Å²) >= 11 is 3.94. The molecule has 1 saturated heterocycles. The Morgan fingerprint density at radius 1 is 1.41 bits per heavy atom. The van der Waals surface area contributed by atoms with E-state index < -0.39 is 36.1 Å². The molecular weight excluding hydrogens is 250 g/mol. The van der Waals surface area contributed by atoms with Gasteiger partial charge < -0.3 is 25.2 Å². The molecule has 0 aliphatic carbocycles. The maximum atomic E-state index is 10.4. The summed E-state index contributed by atoms with van der Waals surface area (Å²) in [5.41, 5.74) is -3.21. The fourth-order valence-corrected chi connectivity index (χ4v) is 2.18. The Balaban J connectivity index is 2.40. The van der Waals surface area contributed by atoms with Gasteiger partial charge in [-0.1, -0.05) is 5.21 Å². The van der Waals surface area contributed by atoms with Crippen LogP contribution >= 0.6 is 12.6 Å². The van der Waals surface area contributed by atoms with Crippen LogP contribution in [-0.4, -0.2) is 65.8 Å². The van der Waals surface area contributed by atoms with Crippen molar-refractivity contribution < 1.29 is 25.2 Å². The molecule has 17 heavy (non-hydrogen) atoms. The first kappa shape index (κ1) is 12.7. The van der Waals surface area contributed by atoms with Crippen LogP contribution in [0.15, 0.2) is 12.4 Å². The van der Waals surface area contributed by atoms with Crippen molar-refractivity contribution in [1.82, 2.24) is 15.0 Å². The molecule has 5 atom stereocenters. The Hall–Kier alpha value is -0.710. The summed E-state index contributed by atoms with van der Waals surface area (Å²) in [6.45, 7) is -0.526. The van der Waals surface area contributed by atoms with Crippen molar-refractivity contribution in [2.45, 2.75) is 29.5 Å². The SMILES string of the molecule is OC[C@H]1OC(S)[C@H](O)[C@](O)(n2ccnn2)[C@H]1O. The van der Waals surface area contributed by atoms with Crippen LogP contribution in [0.2, 0.25) is 0 Å². The Morgan fingerprint density at radius 2 is 2.12 bits per heavy atom. The molecule has 1 aromatic rings. The minimum atomic E-state index is -2.14. The lowest BCUT2D eigenvalue weighted by Gasteiger charge is -2.46. The van der Waals surface area contributed by atoms with Gasteiger partial charge in [0, 0.05) is 6.20 Å². The number of aliphatic hydroxyl groups is 4. The second-order valence-electron chi connectivity index (χ2n) is 3.77.